The third-order valence-electron chi connectivity index (χ3n) is 5.67. The first-order valence-corrected chi connectivity index (χ1v) is 10.3. The average molecular weight is 409 g/mol. The van der Waals surface area contributed by atoms with Crippen molar-refractivity contribution in [3.63, 3.8) is 0 Å². The minimum absolute atomic E-state index is 0.00710. The normalized spacial score (nSPS) is 15.3. The van der Waals surface area contributed by atoms with Crippen molar-refractivity contribution in [2.45, 2.75) is 26.3 Å². The molecule has 1 aliphatic rings. The van der Waals surface area contributed by atoms with E-state index in [1.165, 1.54) is 5.56 Å². The van der Waals surface area contributed by atoms with Crippen LogP contribution in [0.1, 0.15) is 24.2 Å². The molecule has 1 aromatic heterocycles. The Morgan fingerprint density at radius 2 is 1.90 bits per heavy atom. The molecule has 2 heterocycles. The minimum atomic E-state index is 0.00710. The molecule has 0 radical (unpaired) electrons. The number of anilines is 1. The third-order valence-corrected chi connectivity index (χ3v) is 5.67. The van der Waals surface area contributed by atoms with Gasteiger partial charge in [-0.15, -0.1) is 0 Å². The molecule has 2 N–H and O–H groups in total. The third kappa shape index (κ3) is 4.41. The standard InChI is InChI=1S/C23H28N4O3/c1-15-4-6-18-19(12-15)26-22(25-18)14-27-10-8-16(9-11-27)23(28)24-17-5-7-20(29-2)21(13-17)30-3/h4-7,12-13,16H,8-11,14H2,1-3H3,(H,24,28)(H,25,26). The summed E-state index contributed by atoms with van der Waals surface area (Å²) in [7, 11) is 3.18. The van der Waals surface area contributed by atoms with Gasteiger partial charge < -0.3 is 19.8 Å². The summed E-state index contributed by atoms with van der Waals surface area (Å²) in [6.45, 7) is 4.61. The second-order valence-corrected chi connectivity index (χ2v) is 7.81. The molecule has 30 heavy (non-hydrogen) atoms. The van der Waals surface area contributed by atoms with Crippen molar-refractivity contribution in [2.24, 2.45) is 5.92 Å². The summed E-state index contributed by atoms with van der Waals surface area (Å²) in [4.78, 5) is 23.2. The molecule has 1 fully saturated rings. The highest BCUT2D eigenvalue weighted by Crippen LogP contribution is 2.30. The van der Waals surface area contributed by atoms with Crippen LogP contribution in [0, 0.1) is 12.8 Å². The maximum absolute atomic E-state index is 12.7. The number of likely N-dealkylation sites (tertiary alicyclic amines) is 1. The molecule has 158 valence electrons. The number of fused-ring (bicyclic) bond motifs is 1. The fraction of sp³-hybridized carbons (Fsp3) is 0.391. The maximum atomic E-state index is 12.7. The number of methoxy groups -OCH3 is 2. The van der Waals surface area contributed by atoms with Crippen molar-refractivity contribution < 1.29 is 14.3 Å². The number of amides is 1. The molecule has 0 unspecified atom stereocenters. The number of carbonyl (C=O) groups is 1. The first-order chi connectivity index (χ1) is 14.6. The number of H-pyrrole nitrogens is 1. The molecular formula is C23H28N4O3. The number of hydrogen-bond acceptors (Lipinski definition) is 5. The second kappa shape index (κ2) is 8.75. The fourth-order valence-electron chi connectivity index (χ4n) is 3.97. The first kappa shape index (κ1) is 20.2. The van der Waals surface area contributed by atoms with Gasteiger partial charge >= 0.3 is 0 Å². The van der Waals surface area contributed by atoms with E-state index in [0.717, 1.165) is 55.0 Å². The number of aryl methyl sites for hydroxylation is 1. The maximum Gasteiger partial charge on any atom is 0.227 e. The van der Waals surface area contributed by atoms with Crippen molar-refractivity contribution in [3.05, 3.63) is 47.8 Å². The van der Waals surface area contributed by atoms with Crippen LogP contribution in [0.25, 0.3) is 11.0 Å². The predicted molar refractivity (Wildman–Crippen MR) is 117 cm³/mol. The van der Waals surface area contributed by atoms with E-state index in [1.54, 1.807) is 26.4 Å². The summed E-state index contributed by atoms with van der Waals surface area (Å²) in [5.74, 6) is 2.29. The van der Waals surface area contributed by atoms with Gasteiger partial charge in [0, 0.05) is 17.7 Å². The van der Waals surface area contributed by atoms with E-state index in [9.17, 15) is 4.79 Å². The Kier molecular flexibility index (Phi) is 5.90. The molecule has 0 saturated carbocycles. The predicted octanol–water partition coefficient (Wildman–Crippen LogP) is 3.74. The first-order valence-electron chi connectivity index (χ1n) is 10.3. The second-order valence-electron chi connectivity index (χ2n) is 7.81. The van der Waals surface area contributed by atoms with E-state index < -0.39 is 0 Å². The van der Waals surface area contributed by atoms with Gasteiger partial charge in [0.15, 0.2) is 11.5 Å². The number of aromatic amines is 1. The Morgan fingerprint density at radius 1 is 1.13 bits per heavy atom. The lowest BCUT2D eigenvalue weighted by Gasteiger charge is -2.30. The number of hydrogen-bond donors (Lipinski definition) is 2. The quantitative estimate of drug-likeness (QED) is 0.650. The molecule has 7 heteroatoms. The number of nitrogens with one attached hydrogen (secondary N) is 2. The van der Waals surface area contributed by atoms with Gasteiger partial charge in [-0.25, -0.2) is 4.98 Å². The van der Waals surface area contributed by atoms with Crippen molar-refractivity contribution in [1.82, 2.24) is 14.9 Å². The van der Waals surface area contributed by atoms with Crippen LogP contribution < -0.4 is 14.8 Å². The largest absolute Gasteiger partial charge is 0.493 e. The van der Waals surface area contributed by atoms with Gasteiger partial charge in [-0.1, -0.05) is 6.07 Å². The zero-order chi connectivity index (χ0) is 21.1. The molecule has 2 aromatic carbocycles. The lowest BCUT2D eigenvalue weighted by atomic mass is 9.96. The Morgan fingerprint density at radius 3 is 2.63 bits per heavy atom. The van der Waals surface area contributed by atoms with E-state index >= 15 is 0 Å². The SMILES string of the molecule is COc1ccc(NC(=O)C2CCN(Cc3nc4ccc(C)cc4[nH]3)CC2)cc1OC. The van der Waals surface area contributed by atoms with E-state index in [-0.39, 0.29) is 11.8 Å². The van der Waals surface area contributed by atoms with E-state index in [4.69, 9.17) is 9.47 Å². The molecule has 0 spiro atoms. The van der Waals surface area contributed by atoms with E-state index in [2.05, 4.69) is 45.3 Å². The highest BCUT2D eigenvalue weighted by Gasteiger charge is 2.25. The lowest BCUT2D eigenvalue weighted by Crippen LogP contribution is -2.38. The molecule has 1 amide bonds. The molecule has 0 bridgehead atoms. The zero-order valence-corrected chi connectivity index (χ0v) is 17.7. The van der Waals surface area contributed by atoms with Crippen LogP contribution in [0.3, 0.4) is 0 Å². The summed E-state index contributed by atoms with van der Waals surface area (Å²) in [6.07, 6.45) is 1.66. The molecule has 4 rings (SSSR count). The van der Waals surface area contributed by atoms with Crippen LogP contribution in [-0.4, -0.2) is 48.1 Å². The van der Waals surface area contributed by atoms with Gasteiger partial charge in [-0.2, -0.15) is 0 Å². The van der Waals surface area contributed by atoms with Crippen LogP contribution in [0.2, 0.25) is 0 Å². The van der Waals surface area contributed by atoms with Gasteiger partial charge in [0.05, 0.1) is 31.8 Å². The summed E-state index contributed by atoms with van der Waals surface area (Å²) in [6, 6.07) is 11.7. The van der Waals surface area contributed by atoms with Crippen molar-refractivity contribution in [2.75, 3.05) is 32.6 Å². The Hall–Kier alpha value is -3.06. The molecule has 0 atom stereocenters. The van der Waals surface area contributed by atoms with Gasteiger partial charge in [0.2, 0.25) is 5.91 Å². The number of ether oxygens (including phenoxy) is 2. The molecule has 1 aliphatic heterocycles. The van der Waals surface area contributed by atoms with Gasteiger partial charge in [0.1, 0.15) is 5.82 Å². The minimum Gasteiger partial charge on any atom is -0.493 e. The number of benzene rings is 2. The molecule has 1 saturated heterocycles. The Labute approximate surface area is 176 Å². The summed E-state index contributed by atoms with van der Waals surface area (Å²) in [5.41, 5.74) is 4.02. The van der Waals surface area contributed by atoms with Gasteiger partial charge in [-0.05, 0) is 62.7 Å². The molecule has 3 aromatic rings. The van der Waals surface area contributed by atoms with Gasteiger partial charge in [0.25, 0.3) is 0 Å². The van der Waals surface area contributed by atoms with Crippen LogP contribution in [0.15, 0.2) is 36.4 Å². The van der Waals surface area contributed by atoms with Crippen molar-refractivity contribution in [1.29, 1.82) is 0 Å². The number of imidazole rings is 1. The summed E-state index contributed by atoms with van der Waals surface area (Å²) < 4.78 is 10.6. The van der Waals surface area contributed by atoms with Gasteiger partial charge in [-0.3, -0.25) is 9.69 Å². The van der Waals surface area contributed by atoms with Crippen LogP contribution in [0.4, 0.5) is 5.69 Å². The zero-order valence-electron chi connectivity index (χ0n) is 17.7. The summed E-state index contributed by atoms with van der Waals surface area (Å²) >= 11 is 0. The topological polar surface area (TPSA) is 79.5 Å². The number of rotatable bonds is 6. The fourth-order valence-corrected chi connectivity index (χ4v) is 3.97. The number of piperidine rings is 1. The smallest absolute Gasteiger partial charge is 0.227 e. The number of aromatic nitrogens is 2. The van der Waals surface area contributed by atoms with Crippen LogP contribution >= 0.6 is 0 Å². The molecular weight excluding hydrogens is 380 g/mol. The van der Waals surface area contributed by atoms with Crippen LogP contribution in [-0.2, 0) is 11.3 Å². The Bertz CT molecular complexity index is 1040. The highest BCUT2D eigenvalue weighted by atomic mass is 16.5. The van der Waals surface area contributed by atoms with Crippen molar-refractivity contribution in [3.8, 4) is 11.5 Å². The lowest BCUT2D eigenvalue weighted by molar-refractivity contribution is -0.121. The number of carbonyl (C=O) groups excluding carboxylic acids is 1. The number of nitrogens with zero attached hydrogens (tertiary/aromatic N) is 2. The van der Waals surface area contributed by atoms with Crippen LogP contribution in [0.5, 0.6) is 11.5 Å². The van der Waals surface area contributed by atoms with E-state index in [1.807, 2.05) is 6.07 Å². The average Bonchev–Trinajstić information content (AvgIpc) is 3.15. The van der Waals surface area contributed by atoms with Crippen molar-refractivity contribution >= 4 is 22.6 Å². The monoisotopic (exact) mass is 408 g/mol. The van der Waals surface area contributed by atoms with E-state index in [0.29, 0.717) is 11.5 Å². The summed E-state index contributed by atoms with van der Waals surface area (Å²) in [5, 5.41) is 3.01. The Balaban J connectivity index is 1.32. The molecule has 7 nitrogen and oxygen atoms in total. The highest BCUT2D eigenvalue weighted by molar-refractivity contribution is 5.93. The molecule has 0 aliphatic carbocycles.